The first-order valence-corrected chi connectivity index (χ1v) is 7.32. The Balaban J connectivity index is 1.93. The minimum atomic E-state index is -0.930. The number of carboxylic acids is 1. The lowest BCUT2D eigenvalue weighted by Crippen LogP contribution is -2.35. The van der Waals surface area contributed by atoms with Crippen molar-refractivity contribution in [3.8, 4) is 0 Å². The van der Waals surface area contributed by atoms with Crippen LogP contribution in [0.5, 0.6) is 0 Å². The predicted octanol–water partition coefficient (Wildman–Crippen LogP) is 2.85. The largest absolute Gasteiger partial charge is 0.476 e. The minimum Gasteiger partial charge on any atom is -0.476 e. The van der Waals surface area contributed by atoms with Gasteiger partial charge in [-0.2, -0.15) is 0 Å². The van der Waals surface area contributed by atoms with E-state index >= 15 is 0 Å². The molecule has 0 bridgehead atoms. The maximum atomic E-state index is 10.8. The SMILES string of the molecule is CC1CCCC(N(C)Cc2csc(C(=O)O)n2)C1. The molecule has 1 aromatic heterocycles. The van der Waals surface area contributed by atoms with Crippen molar-refractivity contribution < 1.29 is 9.90 Å². The summed E-state index contributed by atoms with van der Waals surface area (Å²) in [4.78, 5) is 17.2. The molecule has 0 radical (unpaired) electrons. The highest BCUT2D eigenvalue weighted by Gasteiger charge is 2.23. The zero-order valence-electron chi connectivity index (χ0n) is 10.9. The molecule has 0 spiro atoms. The summed E-state index contributed by atoms with van der Waals surface area (Å²) < 4.78 is 0. The van der Waals surface area contributed by atoms with E-state index in [2.05, 4.69) is 23.9 Å². The monoisotopic (exact) mass is 268 g/mol. The van der Waals surface area contributed by atoms with Crippen LogP contribution in [0.1, 0.15) is 48.1 Å². The molecule has 1 heterocycles. The summed E-state index contributed by atoms with van der Waals surface area (Å²) in [6.07, 6.45) is 5.13. The normalized spacial score (nSPS) is 24.4. The van der Waals surface area contributed by atoms with Crippen molar-refractivity contribution in [2.24, 2.45) is 5.92 Å². The number of thiazole rings is 1. The second kappa shape index (κ2) is 5.80. The van der Waals surface area contributed by atoms with E-state index < -0.39 is 5.97 Å². The second-order valence-corrected chi connectivity index (χ2v) is 6.15. The first-order chi connectivity index (χ1) is 8.56. The van der Waals surface area contributed by atoms with Crippen molar-refractivity contribution in [1.82, 2.24) is 9.88 Å². The Morgan fingerprint density at radius 2 is 2.39 bits per heavy atom. The van der Waals surface area contributed by atoms with E-state index in [9.17, 15) is 4.79 Å². The van der Waals surface area contributed by atoms with Crippen molar-refractivity contribution in [2.75, 3.05) is 7.05 Å². The van der Waals surface area contributed by atoms with Gasteiger partial charge >= 0.3 is 5.97 Å². The highest BCUT2D eigenvalue weighted by molar-refractivity contribution is 7.11. The summed E-state index contributed by atoms with van der Waals surface area (Å²) in [7, 11) is 2.11. The van der Waals surface area contributed by atoms with Gasteiger partial charge in [0.05, 0.1) is 5.69 Å². The average Bonchev–Trinajstić information content (AvgIpc) is 2.77. The zero-order chi connectivity index (χ0) is 13.1. The first kappa shape index (κ1) is 13.5. The van der Waals surface area contributed by atoms with Crippen LogP contribution in [0, 0.1) is 5.92 Å². The molecule has 1 aromatic rings. The van der Waals surface area contributed by atoms with E-state index in [0.29, 0.717) is 6.04 Å². The molecule has 1 fully saturated rings. The van der Waals surface area contributed by atoms with E-state index in [1.165, 1.54) is 37.0 Å². The van der Waals surface area contributed by atoms with Crippen LogP contribution in [0.15, 0.2) is 5.38 Å². The average molecular weight is 268 g/mol. The molecule has 100 valence electrons. The van der Waals surface area contributed by atoms with Gasteiger partial charge in [0.1, 0.15) is 0 Å². The molecule has 1 saturated carbocycles. The molecule has 18 heavy (non-hydrogen) atoms. The molecule has 2 rings (SSSR count). The van der Waals surface area contributed by atoms with Crippen LogP contribution in [0.2, 0.25) is 0 Å². The first-order valence-electron chi connectivity index (χ1n) is 6.44. The van der Waals surface area contributed by atoms with Gasteiger partial charge in [-0.05, 0) is 25.8 Å². The Kier molecular flexibility index (Phi) is 4.35. The van der Waals surface area contributed by atoms with Gasteiger partial charge in [-0.25, -0.2) is 9.78 Å². The van der Waals surface area contributed by atoms with Crippen LogP contribution in [0.4, 0.5) is 0 Å². The van der Waals surface area contributed by atoms with Gasteiger partial charge in [0.15, 0.2) is 0 Å². The van der Waals surface area contributed by atoms with Crippen molar-refractivity contribution in [3.05, 3.63) is 16.1 Å². The van der Waals surface area contributed by atoms with Crippen molar-refractivity contribution in [2.45, 2.75) is 45.2 Å². The fourth-order valence-electron chi connectivity index (χ4n) is 2.66. The maximum absolute atomic E-state index is 10.8. The minimum absolute atomic E-state index is 0.190. The molecule has 4 nitrogen and oxygen atoms in total. The van der Waals surface area contributed by atoms with Gasteiger partial charge in [0.25, 0.3) is 0 Å². The predicted molar refractivity (Wildman–Crippen MR) is 72.0 cm³/mol. The molecule has 1 N–H and O–H groups in total. The number of aromatic carboxylic acids is 1. The summed E-state index contributed by atoms with van der Waals surface area (Å²) in [6, 6.07) is 0.615. The van der Waals surface area contributed by atoms with Crippen LogP contribution in [-0.4, -0.2) is 34.0 Å². The summed E-state index contributed by atoms with van der Waals surface area (Å²) in [5, 5.41) is 10.9. The summed E-state index contributed by atoms with van der Waals surface area (Å²) >= 11 is 1.21. The van der Waals surface area contributed by atoms with Crippen LogP contribution < -0.4 is 0 Å². The lowest BCUT2D eigenvalue weighted by atomic mass is 9.86. The van der Waals surface area contributed by atoms with E-state index in [1.54, 1.807) is 0 Å². The summed E-state index contributed by atoms with van der Waals surface area (Å²) in [6.45, 7) is 3.06. The molecule has 0 amide bonds. The number of nitrogens with zero attached hydrogens (tertiary/aromatic N) is 2. The number of carbonyl (C=O) groups is 1. The third-order valence-electron chi connectivity index (χ3n) is 3.68. The molecular weight excluding hydrogens is 248 g/mol. The number of rotatable bonds is 4. The quantitative estimate of drug-likeness (QED) is 0.912. The summed E-state index contributed by atoms with van der Waals surface area (Å²) in [5.74, 6) is -0.128. The van der Waals surface area contributed by atoms with Crippen LogP contribution in [0.25, 0.3) is 0 Å². The summed E-state index contributed by atoms with van der Waals surface area (Å²) in [5.41, 5.74) is 0.873. The van der Waals surface area contributed by atoms with Crippen molar-refractivity contribution >= 4 is 17.3 Å². The van der Waals surface area contributed by atoms with Gasteiger partial charge in [0.2, 0.25) is 5.01 Å². The molecule has 5 heteroatoms. The fourth-order valence-corrected chi connectivity index (χ4v) is 3.31. The standard InChI is InChI=1S/C13H20N2O2S/c1-9-4-3-5-11(6-9)15(2)7-10-8-18-12(14-10)13(16)17/h8-9,11H,3-7H2,1-2H3,(H,16,17). The number of carboxylic acid groups (broad SMARTS) is 1. The third kappa shape index (κ3) is 3.29. The molecule has 1 aliphatic carbocycles. The molecule has 0 aromatic carbocycles. The molecule has 0 aliphatic heterocycles. The maximum Gasteiger partial charge on any atom is 0.365 e. The second-order valence-electron chi connectivity index (χ2n) is 5.29. The topological polar surface area (TPSA) is 53.4 Å². The van der Waals surface area contributed by atoms with Crippen LogP contribution >= 0.6 is 11.3 Å². The Bertz CT molecular complexity index is 419. The van der Waals surface area contributed by atoms with Gasteiger partial charge in [-0.1, -0.05) is 19.8 Å². The van der Waals surface area contributed by atoms with Gasteiger partial charge in [-0.3, -0.25) is 4.90 Å². The van der Waals surface area contributed by atoms with Gasteiger partial charge < -0.3 is 5.11 Å². The smallest absolute Gasteiger partial charge is 0.365 e. The van der Waals surface area contributed by atoms with E-state index in [-0.39, 0.29) is 5.01 Å². The number of aromatic nitrogens is 1. The number of hydrogen-bond acceptors (Lipinski definition) is 4. The molecule has 2 unspecified atom stereocenters. The lowest BCUT2D eigenvalue weighted by Gasteiger charge is -2.33. The highest BCUT2D eigenvalue weighted by Crippen LogP contribution is 2.27. The van der Waals surface area contributed by atoms with Crippen LogP contribution in [0.3, 0.4) is 0 Å². The van der Waals surface area contributed by atoms with Crippen LogP contribution in [-0.2, 0) is 6.54 Å². The fraction of sp³-hybridized carbons (Fsp3) is 0.692. The molecular formula is C13H20N2O2S. The highest BCUT2D eigenvalue weighted by atomic mass is 32.1. The number of hydrogen-bond donors (Lipinski definition) is 1. The zero-order valence-corrected chi connectivity index (χ0v) is 11.7. The third-order valence-corrected chi connectivity index (χ3v) is 4.56. The Morgan fingerprint density at radius 3 is 3.00 bits per heavy atom. The Hall–Kier alpha value is -0.940. The van der Waals surface area contributed by atoms with Gasteiger partial charge in [-0.15, -0.1) is 11.3 Å². The van der Waals surface area contributed by atoms with E-state index in [0.717, 1.165) is 18.2 Å². The van der Waals surface area contributed by atoms with Crippen molar-refractivity contribution in [1.29, 1.82) is 0 Å². The Morgan fingerprint density at radius 1 is 1.61 bits per heavy atom. The van der Waals surface area contributed by atoms with E-state index in [4.69, 9.17) is 5.11 Å². The lowest BCUT2D eigenvalue weighted by molar-refractivity contribution is 0.0696. The molecule has 0 saturated heterocycles. The molecule has 2 atom stereocenters. The van der Waals surface area contributed by atoms with Gasteiger partial charge in [0, 0.05) is 18.0 Å². The van der Waals surface area contributed by atoms with E-state index in [1.807, 2.05) is 5.38 Å². The Labute approximate surface area is 112 Å². The van der Waals surface area contributed by atoms with Crippen molar-refractivity contribution in [3.63, 3.8) is 0 Å². The molecule has 1 aliphatic rings.